The Morgan fingerprint density at radius 2 is 2.62 bits per heavy atom. The first-order chi connectivity index (χ1) is 3.84. The zero-order valence-corrected chi connectivity index (χ0v) is 5.48. The topological polar surface area (TPSA) is 9.23 Å². The van der Waals surface area contributed by atoms with Gasteiger partial charge < -0.3 is 4.74 Å². The second kappa shape index (κ2) is 2.21. The SMILES string of the molecule is CCC1=COCC1C. The molecule has 0 amide bonds. The Labute approximate surface area is 50.3 Å². The molecule has 0 fully saturated rings. The molecule has 8 heavy (non-hydrogen) atoms. The van der Waals surface area contributed by atoms with E-state index in [0.717, 1.165) is 13.0 Å². The van der Waals surface area contributed by atoms with Crippen LogP contribution < -0.4 is 0 Å². The Kier molecular flexibility index (Phi) is 1.56. The maximum absolute atomic E-state index is 5.10. The predicted molar refractivity (Wildman–Crippen MR) is 33.5 cm³/mol. The van der Waals surface area contributed by atoms with Crippen molar-refractivity contribution in [3.05, 3.63) is 11.8 Å². The summed E-state index contributed by atoms with van der Waals surface area (Å²) in [5.41, 5.74) is 1.45. The lowest BCUT2D eigenvalue weighted by Crippen LogP contribution is -1.96. The van der Waals surface area contributed by atoms with E-state index in [2.05, 4.69) is 13.8 Å². The fourth-order valence-electron chi connectivity index (χ4n) is 0.954. The number of ether oxygens (including phenoxy) is 1. The summed E-state index contributed by atoms with van der Waals surface area (Å²) in [6, 6.07) is 0. The number of hydrogen-bond donors (Lipinski definition) is 0. The Balaban J connectivity index is 2.49. The van der Waals surface area contributed by atoms with E-state index in [1.807, 2.05) is 6.26 Å². The maximum atomic E-state index is 5.10. The van der Waals surface area contributed by atoms with Crippen LogP contribution in [0.5, 0.6) is 0 Å². The lowest BCUT2D eigenvalue weighted by molar-refractivity contribution is 0.255. The lowest BCUT2D eigenvalue weighted by Gasteiger charge is -2.00. The van der Waals surface area contributed by atoms with Crippen LogP contribution >= 0.6 is 0 Å². The van der Waals surface area contributed by atoms with Gasteiger partial charge in [0.25, 0.3) is 0 Å². The van der Waals surface area contributed by atoms with Crippen LogP contribution in [0.2, 0.25) is 0 Å². The van der Waals surface area contributed by atoms with Gasteiger partial charge in [0.1, 0.15) is 0 Å². The van der Waals surface area contributed by atoms with E-state index in [1.165, 1.54) is 5.57 Å². The molecule has 0 saturated carbocycles. The highest BCUT2D eigenvalue weighted by atomic mass is 16.5. The van der Waals surface area contributed by atoms with Crippen molar-refractivity contribution in [1.82, 2.24) is 0 Å². The summed E-state index contributed by atoms with van der Waals surface area (Å²) < 4.78 is 5.10. The molecule has 0 aliphatic carbocycles. The average Bonchev–Trinajstić information content (AvgIpc) is 2.14. The quantitative estimate of drug-likeness (QED) is 0.503. The molecule has 1 nitrogen and oxygen atoms in total. The molecule has 0 bridgehead atoms. The molecule has 1 heteroatoms. The van der Waals surface area contributed by atoms with E-state index in [-0.39, 0.29) is 0 Å². The third-order valence-corrected chi connectivity index (χ3v) is 1.62. The van der Waals surface area contributed by atoms with Crippen molar-refractivity contribution in [2.24, 2.45) is 5.92 Å². The first-order valence-electron chi connectivity index (χ1n) is 3.15. The van der Waals surface area contributed by atoms with Crippen molar-refractivity contribution in [2.45, 2.75) is 20.3 Å². The zero-order valence-electron chi connectivity index (χ0n) is 5.48. The van der Waals surface area contributed by atoms with Gasteiger partial charge in [0, 0.05) is 5.92 Å². The van der Waals surface area contributed by atoms with Crippen LogP contribution in [0.15, 0.2) is 11.8 Å². The molecule has 46 valence electrons. The van der Waals surface area contributed by atoms with Crippen molar-refractivity contribution in [1.29, 1.82) is 0 Å². The first-order valence-corrected chi connectivity index (χ1v) is 3.15. The van der Waals surface area contributed by atoms with Crippen LogP contribution in [-0.2, 0) is 4.74 Å². The Bertz CT molecular complexity index is 105. The van der Waals surface area contributed by atoms with Crippen LogP contribution in [0, 0.1) is 5.92 Å². The second-order valence-corrected chi connectivity index (χ2v) is 2.28. The van der Waals surface area contributed by atoms with Crippen molar-refractivity contribution in [3.8, 4) is 0 Å². The van der Waals surface area contributed by atoms with Crippen molar-refractivity contribution >= 4 is 0 Å². The Hall–Kier alpha value is -0.460. The molecule has 0 saturated heterocycles. The third kappa shape index (κ3) is 0.857. The van der Waals surface area contributed by atoms with Crippen LogP contribution in [0.1, 0.15) is 20.3 Å². The van der Waals surface area contributed by atoms with Crippen molar-refractivity contribution in [3.63, 3.8) is 0 Å². The van der Waals surface area contributed by atoms with Crippen LogP contribution in [-0.4, -0.2) is 6.61 Å². The molecule has 0 radical (unpaired) electrons. The zero-order chi connectivity index (χ0) is 5.98. The molecule has 1 rings (SSSR count). The van der Waals surface area contributed by atoms with Gasteiger partial charge in [0.15, 0.2) is 0 Å². The van der Waals surface area contributed by atoms with Gasteiger partial charge in [-0.2, -0.15) is 0 Å². The normalized spacial score (nSPS) is 27.2. The number of rotatable bonds is 1. The third-order valence-electron chi connectivity index (χ3n) is 1.62. The standard InChI is InChI=1S/C7H12O/c1-3-7-5-8-4-6(7)2/h5-6H,3-4H2,1-2H3. The summed E-state index contributed by atoms with van der Waals surface area (Å²) in [4.78, 5) is 0. The molecular weight excluding hydrogens is 100 g/mol. The molecular formula is C7H12O. The fourth-order valence-corrected chi connectivity index (χ4v) is 0.954. The fraction of sp³-hybridized carbons (Fsp3) is 0.714. The smallest absolute Gasteiger partial charge is 0.0937 e. The highest BCUT2D eigenvalue weighted by molar-refractivity contribution is 5.05. The summed E-state index contributed by atoms with van der Waals surface area (Å²) in [5, 5.41) is 0. The lowest BCUT2D eigenvalue weighted by atomic mass is 10.0. The van der Waals surface area contributed by atoms with Crippen molar-refractivity contribution in [2.75, 3.05) is 6.61 Å². The van der Waals surface area contributed by atoms with Gasteiger partial charge in [-0.25, -0.2) is 0 Å². The van der Waals surface area contributed by atoms with Crippen LogP contribution in [0.25, 0.3) is 0 Å². The molecule has 1 aliphatic heterocycles. The first kappa shape index (κ1) is 5.67. The average molecular weight is 112 g/mol. The maximum Gasteiger partial charge on any atom is 0.0937 e. The summed E-state index contributed by atoms with van der Waals surface area (Å²) in [6.07, 6.45) is 3.03. The summed E-state index contributed by atoms with van der Waals surface area (Å²) in [6.45, 7) is 5.25. The molecule has 0 spiro atoms. The van der Waals surface area contributed by atoms with Crippen molar-refractivity contribution < 1.29 is 4.74 Å². The van der Waals surface area contributed by atoms with Gasteiger partial charge >= 0.3 is 0 Å². The Morgan fingerprint density at radius 3 is 2.88 bits per heavy atom. The largest absolute Gasteiger partial charge is 0.501 e. The van der Waals surface area contributed by atoms with E-state index in [0.29, 0.717) is 5.92 Å². The summed E-state index contributed by atoms with van der Waals surface area (Å²) >= 11 is 0. The van der Waals surface area contributed by atoms with E-state index in [9.17, 15) is 0 Å². The van der Waals surface area contributed by atoms with Gasteiger partial charge in [0.2, 0.25) is 0 Å². The van der Waals surface area contributed by atoms with E-state index in [1.54, 1.807) is 0 Å². The molecule has 0 aromatic carbocycles. The summed E-state index contributed by atoms with van der Waals surface area (Å²) in [5.74, 6) is 0.667. The second-order valence-electron chi connectivity index (χ2n) is 2.28. The minimum Gasteiger partial charge on any atom is -0.501 e. The molecule has 1 unspecified atom stereocenters. The van der Waals surface area contributed by atoms with E-state index >= 15 is 0 Å². The van der Waals surface area contributed by atoms with Crippen LogP contribution in [0.4, 0.5) is 0 Å². The van der Waals surface area contributed by atoms with Gasteiger partial charge in [-0.1, -0.05) is 13.8 Å². The van der Waals surface area contributed by atoms with Gasteiger partial charge in [0.05, 0.1) is 12.9 Å². The number of hydrogen-bond acceptors (Lipinski definition) is 1. The molecule has 0 aromatic heterocycles. The van der Waals surface area contributed by atoms with Gasteiger partial charge in [-0.15, -0.1) is 0 Å². The highest BCUT2D eigenvalue weighted by Gasteiger charge is 2.12. The Morgan fingerprint density at radius 1 is 1.88 bits per heavy atom. The van der Waals surface area contributed by atoms with E-state index < -0.39 is 0 Å². The van der Waals surface area contributed by atoms with E-state index in [4.69, 9.17) is 4.74 Å². The predicted octanol–water partition coefficient (Wildman–Crippen LogP) is 1.95. The molecule has 1 atom stereocenters. The summed E-state index contributed by atoms with van der Waals surface area (Å²) in [7, 11) is 0. The molecule has 1 heterocycles. The molecule has 0 aromatic rings. The van der Waals surface area contributed by atoms with Crippen LogP contribution in [0.3, 0.4) is 0 Å². The van der Waals surface area contributed by atoms with Gasteiger partial charge in [-0.3, -0.25) is 0 Å². The van der Waals surface area contributed by atoms with Gasteiger partial charge in [-0.05, 0) is 12.0 Å². The molecule has 0 N–H and O–H groups in total. The minimum atomic E-state index is 0.667. The molecule has 1 aliphatic rings. The highest BCUT2D eigenvalue weighted by Crippen LogP contribution is 2.20. The minimum absolute atomic E-state index is 0.667. The monoisotopic (exact) mass is 112 g/mol.